The lowest BCUT2D eigenvalue weighted by molar-refractivity contribution is -0.138. The number of hydrogen-bond acceptors (Lipinski definition) is 4. The molecular weight excluding hydrogens is 372 g/mol. The summed E-state index contributed by atoms with van der Waals surface area (Å²) in [7, 11) is 0. The minimum absolute atomic E-state index is 0.0649. The summed E-state index contributed by atoms with van der Waals surface area (Å²) in [5.41, 5.74) is 1.43. The molecule has 1 aromatic carbocycles. The summed E-state index contributed by atoms with van der Waals surface area (Å²) in [5, 5.41) is 19.0. The van der Waals surface area contributed by atoms with Crippen LogP contribution in [0.25, 0.3) is 0 Å². The molecule has 1 heterocycles. The van der Waals surface area contributed by atoms with E-state index in [0.717, 1.165) is 25.7 Å². The average Bonchev–Trinajstić information content (AvgIpc) is 3.16. The molecule has 1 aliphatic carbocycles. The summed E-state index contributed by atoms with van der Waals surface area (Å²) in [6, 6.07) is 6.97. The molecule has 8 heteroatoms. The number of hydrogen-bond donors (Lipinski definition) is 3. The number of nitrogens with zero attached hydrogens (tertiary/aromatic N) is 2. The van der Waals surface area contributed by atoms with Gasteiger partial charge in [-0.2, -0.15) is 5.10 Å². The number of amides is 2. The van der Waals surface area contributed by atoms with E-state index in [4.69, 9.17) is 5.11 Å². The maximum Gasteiger partial charge on any atom is 0.310 e. The fraction of sp³-hybridized carbons (Fsp3) is 0.429. The van der Waals surface area contributed by atoms with Crippen molar-refractivity contribution >= 4 is 23.5 Å². The third kappa shape index (κ3) is 5.66. The van der Waals surface area contributed by atoms with Crippen LogP contribution < -0.4 is 10.6 Å². The standard InChI is InChI=1S/C21H26N4O4/c1-14(21(28)29)15-6-5-9-18(10-15)24-20(27)16-11-22-25(12-16)13-19(26)23-17-7-3-2-4-8-17/h5-6,9-12,14,17H,2-4,7-8,13H2,1H3,(H,23,26)(H,24,27)(H,28,29). The lowest BCUT2D eigenvalue weighted by atomic mass is 9.95. The van der Waals surface area contributed by atoms with Crippen LogP contribution in [-0.2, 0) is 16.1 Å². The first-order valence-corrected chi connectivity index (χ1v) is 9.88. The van der Waals surface area contributed by atoms with Crippen molar-refractivity contribution < 1.29 is 19.5 Å². The normalized spacial score (nSPS) is 15.5. The summed E-state index contributed by atoms with van der Waals surface area (Å²) in [6.45, 7) is 1.65. The van der Waals surface area contributed by atoms with Gasteiger partial charge in [0, 0.05) is 17.9 Å². The number of anilines is 1. The van der Waals surface area contributed by atoms with E-state index in [1.807, 2.05) is 0 Å². The Balaban J connectivity index is 1.57. The van der Waals surface area contributed by atoms with E-state index in [1.54, 1.807) is 31.2 Å². The Morgan fingerprint density at radius 2 is 2.00 bits per heavy atom. The van der Waals surface area contributed by atoms with E-state index < -0.39 is 11.9 Å². The molecule has 1 atom stereocenters. The quantitative estimate of drug-likeness (QED) is 0.664. The number of benzene rings is 1. The van der Waals surface area contributed by atoms with Gasteiger partial charge in [0.15, 0.2) is 0 Å². The zero-order chi connectivity index (χ0) is 20.8. The van der Waals surface area contributed by atoms with E-state index in [9.17, 15) is 14.4 Å². The Kier molecular flexibility index (Phi) is 6.64. The number of aromatic nitrogens is 2. The summed E-state index contributed by atoms with van der Waals surface area (Å²) < 4.78 is 1.44. The second-order valence-electron chi connectivity index (χ2n) is 7.47. The lowest BCUT2D eigenvalue weighted by Gasteiger charge is -2.22. The van der Waals surface area contributed by atoms with E-state index in [2.05, 4.69) is 15.7 Å². The number of carboxylic acids is 1. The average molecular weight is 398 g/mol. The fourth-order valence-corrected chi connectivity index (χ4v) is 3.47. The maximum atomic E-state index is 12.5. The molecule has 1 fully saturated rings. The van der Waals surface area contributed by atoms with Gasteiger partial charge in [-0.3, -0.25) is 19.1 Å². The first kappa shape index (κ1) is 20.6. The van der Waals surface area contributed by atoms with Crippen molar-refractivity contribution in [1.82, 2.24) is 15.1 Å². The van der Waals surface area contributed by atoms with Gasteiger partial charge < -0.3 is 15.7 Å². The number of carbonyl (C=O) groups excluding carboxylic acids is 2. The molecule has 2 amide bonds. The highest BCUT2D eigenvalue weighted by Crippen LogP contribution is 2.20. The van der Waals surface area contributed by atoms with Crippen LogP contribution in [0.15, 0.2) is 36.7 Å². The SMILES string of the molecule is CC(C(=O)O)c1cccc(NC(=O)c2cnn(CC(=O)NC3CCCCC3)c2)c1. The second-order valence-corrected chi connectivity index (χ2v) is 7.47. The molecule has 29 heavy (non-hydrogen) atoms. The van der Waals surface area contributed by atoms with Crippen LogP contribution >= 0.6 is 0 Å². The molecule has 2 aromatic rings. The molecule has 1 aromatic heterocycles. The molecule has 0 bridgehead atoms. The van der Waals surface area contributed by atoms with Crippen molar-refractivity contribution in [2.75, 3.05) is 5.32 Å². The molecule has 154 valence electrons. The van der Waals surface area contributed by atoms with Crippen LogP contribution in [0.5, 0.6) is 0 Å². The van der Waals surface area contributed by atoms with Crippen molar-refractivity contribution in [3.8, 4) is 0 Å². The highest BCUT2D eigenvalue weighted by molar-refractivity contribution is 6.04. The predicted molar refractivity (Wildman–Crippen MR) is 108 cm³/mol. The third-order valence-corrected chi connectivity index (χ3v) is 5.19. The van der Waals surface area contributed by atoms with Crippen LogP contribution in [0.3, 0.4) is 0 Å². The molecule has 8 nitrogen and oxygen atoms in total. The molecule has 1 unspecified atom stereocenters. The van der Waals surface area contributed by atoms with Gasteiger partial charge in [0.05, 0.1) is 17.7 Å². The summed E-state index contributed by atoms with van der Waals surface area (Å²) in [4.78, 5) is 35.8. The molecule has 0 aliphatic heterocycles. The number of carboxylic acid groups (broad SMARTS) is 1. The number of nitrogens with one attached hydrogen (secondary N) is 2. The second kappa shape index (κ2) is 9.36. The van der Waals surface area contributed by atoms with Gasteiger partial charge in [0.1, 0.15) is 6.54 Å². The lowest BCUT2D eigenvalue weighted by Crippen LogP contribution is -2.38. The number of rotatable bonds is 7. The van der Waals surface area contributed by atoms with Crippen molar-refractivity contribution in [2.45, 2.75) is 57.5 Å². The summed E-state index contributed by atoms with van der Waals surface area (Å²) >= 11 is 0. The Hall–Kier alpha value is -3.16. The minimum atomic E-state index is -0.929. The maximum absolute atomic E-state index is 12.5. The number of carbonyl (C=O) groups is 3. The van der Waals surface area contributed by atoms with Crippen LogP contribution in [0.1, 0.15) is 60.9 Å². The predicted octanol–water partition coefficient (Wildman–Crippen LogP) is 2.77. The monoisotopic (exact) mass is 398 g/mol. The summed E-state index contributed by atoms with van der Waals surface area (Å²) in [5.74, 6) is -2.08. The van der Waals surface area contributed by atoms with Crippen LogP contribution in [0, 0.1) is 0 Å². The first-order chi connectivity index (χ1) is 13.9. The Bertz CT molecular complexity index is 886. The minimum Gasteiger partial charge on any atom is -0.481 e. The molecule has 0 spiro atoms. The smallest absolute Gasteiger partial charge is 0.310 e. The molecule has 3 N–H and O–H groups in total. The zero-order valence-electron chi connectivity index (χ0n) is 16.4. The van der Waals surface area contributed by atoms with Gasteiger partial charge in [-0.05, 0) is 37.5 Å². The molecule has 0 radical (unpaired) electrons. The highest BCUT2D eigenvalue weighted by atomic mass is 16.4. The van der Waals surface area contributed by atoms with Crippen molar-refractivity contribution in [2.24, 2.45) is 0 Å². The van der Waals surface area contributed by atoms with Gasteiger partial charge in [0.2, 0.25) is 5.91 Å². The van der Waals surface area contributed by atoms with Gasteiger partial charge in [0.25, 0.3) is 5.91 Å². The Labute approximate surface area is 169 Å². The molecule has 3 rings (SSSR count). The largest absolute Gasteiger partial charge is 0.481 e. The van der Waals surface area contributed by atoms with E-state index in [-0.39, 0.29) is 24.4 Å². The Morgan fingerprint density at radius 1 is 1.24 bits per heavy atom. The topological polar surface area (TPSA) is 113 Å². The molecule has 1 saturated carbocycles. The van der Waals surface area contributed by atoms with Gasteiger partial charge in [-0.25, -0.2) is 0 Å². The van der Waals surface area contributed by atoms with Crippen LogP contribution in [0.2, 0.25) is 0 Å². The molecular formula is C21H26N4O4. The van der Waals surface area contributed by atoms with Gasteiger partial charge in [-0.1, -0.05) is 31.4 Å². The Morgan fingerprint density at radius 3 is 2.72 bits per heavy atom. The van der Waals surface area contributed by atoms with E-state index >= 15 is 0 Å². The van der Waals surface area contributed by atoms with Crippen molar-refractivity contribution in [3.63, 3.8) is 0 Å². The van der Waals surface area contributed by atoms with E-state index in [1.165, 1.54) is 23.5 Å². The van der Waals surface area contributed by atoms with Crippen LogP contribution in [-0.4, -0.2) is 38.7 Å². The summed E-state index contributed by atoms with van der Waals surface area (Å²) in [6.07, 6.45) is 8.47. The number of aliphatic carboxylic acids is 1. The van der Waals surface area contributed by atoms with Gasteiger partial charge in [-0.15, -0.1) is 0 Å². The highest BCUT2D eigenvalue weighted by Gasteiger charge is 2.17. The van der Waals surface area contributed by atoms with Crippen LogP contribution in [0.4, 0.5) is 5.69 Å². The van der Waals surface area contributed by atoms with E-state index in [0.29, 0.717) is 16.8 Å². The molecule has 0 saturated heterocycles. The van der Waals surface area contributed by atoms with Gasteiger partial charge >= 0.3 is 5.97 Å². The van der Waals surface area contributed by atoms with Crippen molar-refractivity contribution in [3.05, 3.63) is 47.8 Å². The first-order valence-electron chi connectivity index (χ1n) is 9.88. The zero-order valence-corrected chi connectivity index (χ0v) is 16.4. The fourth-order valence-electron chi connectivity index (χ4n) is 3.47. The third-order valence-electron chi connectivity index (χ3n) is 5.19. The van der Waals surface area contributed by atoms with Crippen molar-refractivity contribution in [1.29, 1.82) is 0 Å². The molecule has 1 aliphatic rings.